The molecule has 0 spiro atoms. The largest absolute Gasteiger partial charge is 0.370 e. The Morgan fingerprint density at radius 3 is 2.79 bits per heavy atom. The van der Waals surface area contributed by atoms with Crippen LogP contribution in [-0.2, 0) is 6.42 Å². The van der Waals surface area contributed by atoms with Gasteiger partial charge < -0.3 is 10.2 Å². The van der Waals surface area contributed by atoms with Crippen molar-refractivity contribution in [3.8, 4) is 10.7 Å². The number of hydrogen-bond donors (Lipinski definition) is 1. The molecular weight excluding hydrogens is 322 g/mol. The van der Waals surface area contributed by atoms with Gasteiger partial charge in [-0.3, -0.25) is 9.97 Å². The molecule has 8 heteroatoms. The molecule has 0 saturated carbocycles. The topological polar surface area (TPSA) is 79.7 Å². The zero-order chi connectivity index (χ0) is 16.9. The van der Waals surface area contributed by atoms with E-state index >= 15 is 0 Å². The Bertz CT molecular complexity index is 801. The van der Waals surface area contributed by atoms with Gasteiger partial charge in [-0.2, -0.15) is 4.98 Å². The summed E-state index contributed by atoms with van der Waals surface area (Å²) in [4.78, 5) is 23.7. The predicted molar refractivity (Wildman–Crippen MR) is 96.4 cm³/mol. The van der Waals surface area contributed by atoms with Gasteiger partial charge in [0, 0.05) is 56.6 Å². The highest BCUT2D eigenvalue weighted by Crippen LogP contribution is 2.21. The Kier molecular flexibility index (Phi) is 4.95. The fourth-order valence-electron chi connectivity index (χ4n) is 2.11. The van der Waals surface area contributed by atoms with Crippen molar-refractivity contribution in [2.45, 2.75) is 13.3 Å². The summed E-state index contributed by atoms with van der Waals surface area (Å²) >= 11 is 1.58. The van der Waals surface area contributed by atoms with E-state index in [-0.39, 0.29) is 0 Å². The van der Waals surface area contributed by atoms with Gasteiger partial charge in [0.15, 0.2) is 0 Å². The first-order chi connectivity index (χ1) is 11.6. The molecule has 3 rings (SSSR count). The first kappa shape index (κ1) is 16.3. The molecule has 0 atom stereocenters. The van der Waals surface area contributed by atoms with Crippen LogP contribution in [-0.4, -0.2) is 45.6 Å². The smallest absolute Gasteiger partial charge is 0.226 e. The zero-order valence-corrected chi connectivity index (χ0v) is 14.7. The van der Waals surface area contributed by atoms with Crippen LogP contribution in [0.3, 0.4) is 0 Å². The van der Waals surface area contributed by atoms with Gasteiger partial charge in [0.05, 0.1) is 11.9 Å². The molecule has 1 N–H and O–H groups in total. The van der Waals surface area contributed by atoms with Crippen molar-refractivity contribution in [1.29, 1.82) is 0 Å². The average Bonchev–Trinajstić information content (AvgIpc) is 3.04. The third-order valence-corrected chi connectivity index (χ3v) is 4.18. The molecule has 0 fully saturated rings. The van der Waals surface area contributed by atoms with Crippen molar-refractivity contribution in [1.82, 2.24) is 24.9 Å². The molecule has 0 bridgehead atoms. The minimum absolute atomic E-state index is 0.705. The van der Waals surface area contributed by atoms with Crippen LogP contribution in [0.15, 0.2) is 30.0 Å². The quantitative estimate of drug-likeness (QED) is 0.737. The zero-order valence-electron chi connectivity index (χ0n) is 13.9. The summed E-state index contributed by atoms with van der Waals surface area (Å²) in [5, 5.41) is 6.29. The minimum Gasteiger partial charge on any atom is -0.370 e. The highest BCUT2D eigenvalue weighted by molar-refractivity contribution is 7.13. The van der Waals surface area contributed by atoms with Crippen molar-refractivity contribution in [3.05, 3.63) is 41.4 Å². The van der Waals surface area contributed by atoms with Crippen molar-refractivity contribution < 1.29 is 0 Å². The van der Waals surface area contributed by atoms with E-state index in [1.165, 1.54) is 0 Å². The molecule has 0 aromatic carbocycles. The third kappa shape index (κ3) is 4.02. The van der Waals surface area contributed by atoms with Gasteiger partial charge in [-0.05, 0) is 6.92 Å². The summed E-state index contributed by atoms with van der Waals surface area (Å²) in [7, 11) is 3.86. The van der Waals surface area contributed by atoms with E-state index in [0.29, 0.717) is 5.95 Å². The number of aromatic nitrogens is 5. The first-order valence-corrected chi connectivity index (χ1v) is 8.47. The summed E-state index contributed by atoms with van der Waals surface area (Å²) in [6, 6.07) is 1.94. The second-order valence-electron chi connectivity index (χ2n) is 5.50. The lowest BCUT2D eigenvalue weighted by molar-refractivity contribution is 0.941. The summed E-state index contributed by atoms with van der Waals surface area (Å²) in [6.07, 6.45) is 5.88. The molecular formula is C16H19N7S. The van der Waals surface area contributed by atoms with E-state index in [9.17, 15) is 0 Å². The lowest BCUT2D eigenvalue weighted by Crippen LogP contribution is -2.15. The fourth-order valence-corrected chi connectivity index (χ4v) is 2.93. The number of hydrogen-bond acceptors (Lipinski definition) is 8. The van der Waals surface area contributed by atoms with Crippen LogP contribution in [0.1, 0.15) is 11.4 Å². The number of nitrogens with zero attached hydrogens (tertiary/aromatic N) is 6. The molecule has 7 nitrogen and oxygen atoms in total. The molecule has 124 valence electrons. The van der Waals surface area contributed by atoms with E-state index in [1.54, 1.807) is 29.9 Å². The molecule has 0 radical (unpaired) electrons. The summed E-state index contributed by atoms with van der Waals surface area (Å²) in [6.45, 7) is 2.72. The Labute approximate surface area is 144 Å². The second-order valence-corrected chi connectivity index (χ2v) is 6.36. The third-order valence-electron chi connectivity index (χ3n) is 3.26. The Morgan fingerprint density at radius 1 is 1.17 bits per heavy atom. The molecule has 0 aliphatic rings. The van der Waals surface area contributed by atoms with Crippen LogP contribution < -0.4 is 10.2 Å². The first-order valence-electron chi connectivity index (χ1n) is 7.59. The van der Waals surface area contributed by atoms with Crippen molar-refractivity contribution in [2.24, 2.45) is 0 Å². The van der Waals surface area contributed by atoms with E-state index in [0.717, 1.165) is 40.9 Å². The monoisotopic (exact) mass is 341 g/mol. The summed E-state index contributed by atoms with van der Waals surface area (Å²) in [5.41, 5.74) is 2.78. The van der Waals surface area contributed by atoms with Crippen molar-refractivity contribution >= 4 is 23.1 Å². The lowest BCUT2D eigenvalue weighted by Gasteiger charge is -2.13. The van der Waals surface area contributed by atoms with Crippen molar-refractivity contribution in [3.63, 3.8) is 0 Å². The molecule has 0 aliphatic carbocycles. The van der Waals surface area contributed by atoms with Gasteiger partial charge in [0.2, 0.25) is 5.95 Å². The maximum absolute atomic E-state index is 4.61. The second kappa shape index (κ2) is 7.31. The summed E-state index contributed by atoms with van der Waals surface area (Å²) < 4.78 is 0. The van der Waals surface area contributed by atoms with E-state index in [1.807, 2.05) is 32.0 Å². The van der Waals surface area contributed by atoms with Crippen LogP contribution in [0.25, 0.3) is 10.7 Å². The molecule has 3 heterocycles. The Hall–Kier alpha value is -2.61. The highest BCUT2D eigenvalue weighted by Gasteiger charge is 2.07. The highest BCUT2D eigenvalue weighted by atomic mass is 32.1. The van der Waals surface area contributed by atoms with Crippen LogP contribution in [0.5, 0.6) is 0 Å². The summed E-state index contributed by atoms with van der Waals surface area (Å²) in [5.74, 6) is 1.53. The van der Waals surface area contributed by atoms with E-state index in [2.05, 4.69) is 35.6 Å². The number of thiazole rings is 1. The van der Waals surface area contributed by atoms with Gasteiger partial charge in [-0.15, -0.1) is 11.3 Å². The fraction of sp³-hybridized carbons (Fsp3) is 0.312. The normalized spacial score (nSPS) is 10.6. The van der Waals surface area contributed by atoms with Gasteiger partial charge in [0.25, 0.3) is 0 Å². The molecule has 3 aromatic rings. The van der Waals surface area contributed by atoms with Crippen molar-refractivity contribution in [2.75, 3.05) is 30.9 Å². The number of nitrogens with one attached hydrogen (secondary N) is 1. The Morgan fingerprint density at radius 2 is 2.04 bits per heavy atom. The SMILES string of the molecule is Cc1cc(NCCc2csc(-c3cnccn3)n2)nc(N(C)C)n1. The Balaban J connectivity index is 1.60. The molecule has 0 aliphatic heterocycles. The number of rotatable bonds is 6. The number of anilines is 2. The average molecular weight is 341 g/mol. The van der Waals surface area contributed by atoms with Gasteiger partial charge >= 0.3 is 0 Å². The van der Waals surface area contributed by atoms with Crippen LogP contribution >= 0.6 is 11.3 Å². The maximum atomic E-state index is 4.61. The van der Waals surface area contributed by atoms with Crippen LogP contribution in [0.4, 0.5) is 11.8 Å². The van der Waals surface area contributed by atoms with E-state index in [4.69, 9.17) is 0 Å². The standard InChI is InChI=1S/C16H19N7S/c1-11-8-14(22-16(20-11)23(2)3)19-5-4-12-10-24-15(21-12)13-9-17-6-7-18-13/h6-10H,4-5H2,1-3H3,(H,19,20,22). The molecule has 0 saturated heterocycles. The van der Waals surface area contributed by atoms with Gasteiger partial charge in [-0.25, -0.2) is 9.97 Å². The number of aryl methyl sites for hydroxylation is 1. The van der Waals surface area contributed by atoms with Gasteiger partial charge in [-0.1, -0.05) is 0 Å². The molecule has 0 unspecified atom stereocenters. The maximum Gasteiger partial charge on any atom is 0.226 e. The van der Waals surface area contributed by atoms with Gasteiger partial charge in [0.1, 0.15) is 16.5 Å². The molecule has 3 aromatic heterocycles. The molecule has 24 heavy (non-hydrogen) atoms. The molecule has 0 amide bonds. The minimum atomic E-state index is 0.705. The van der Waals surface area contributed by atoms with E-state index < -0.39 is 0 Å². The predicted octanol–water partition coefficient (Wildman–Crippen LogP) is 2.42. The van der Waals surface area contributed by atoms with Crippen LogP contribution in [0, 0.1) is 6.92 Å². The van der Waals surface area contributed by atoms with Crippen LogP contribution in [0.2, 0.25) is 0 Å². The lowest BCUT2D eigenvalue weighted by atomic mass is 10.3.